The van der Waals surface area contributed by atoms with E-state index in [0.29, 0.717) is 38.6 Å². The summed E-state index contributed by atoms with van der Waals surface area (Å²) < 4.78 is 6.77. The van der Waals surface area contributed by atoms with Gasteiger partial charge >= 0.3 is 12.1 Å². The lowest BCUT2D eigenvalue weighted by molar-refractivity contribution is 0.0868. The second kappa shape index (κ2) is 8.53. The van der Waals surface area contributed by atoms with Crippen LogP contribution in [0.4, 0.5) is 15.4 Å². The number of aromatic nitrogens is 2. The van der Waals surface area contributed by atoms with Gasteiger partial charge in [-0.2, -0.15) is 5.10 Å². The number of urea groups is 1. The van der Waals surface area contributed by atoms with Gasteiger partial charge in [-0.25, -0.2) is 9.59 Å². The van der Waals surface area contributed by atoms with Gasteiger partial charge in [-0.3, -0.25) is 10.00 Å². The molecule has 9 nitrogen and oxygen atoms in total. The number of hydrogen-bond acceptors (Lipinski definition) is 5. The molecule has 0 aromatic carbocycles. The van der Waals surface area contributed by atoms with E-state index in [1.54, 1.807) is 27.5 Å². The molecular weight excluding hydrogens is 312 g/mol. The number of hydrogen-bond donors (Lipinski definition) is 1. The normalized spacial score (nSPS) is 14.8. The lowest BCUT2D eigenvalue weighted by Gasteiger charge is -2.33. The highest BCUT2D eigenvalue weighted by molar-refractivity contribution is 5.88. The first-order valence-electron chi connectivity index (χ1n) is 8.15. The van der Waals surface area contributed by atoms with Crippen LogP contribution in [-0.2, 0) is 11.3 Å². The van der Waals surface area contributed by atoms with Gasteiger partial charge < -0.3 is 19.4 Å². The van der Waals surface area contributed by atoms with Crippen LogP contribution in [0.15, 0.2) is 12.3 Å². The molecule has 0 spiro atoms. The number of likely N-dealkylation sites (N-methyl/N-ethyl adjacent to an activating group) is 1. The first-order valence-corrected chi connectivity index (χ1v) is 8.15. The first-order chi connectivity index (χ1) is 11.5. The Bertz CT molecular complexity index is 551. The Morgan fingerprint density at radius 3 is 2.54 bits per heavy atom. The molecule has 1 aliphatic rings. The average molecular weight is 338 g/mol. The third-order valence-corrected chi connectivity index (χ3v) is 3.74. The zero-order valence-electron chi connectivity index (χ0n) is 14.6. The Morgan fingerprint density at radius 1 is 1.25 bits per heavy atom. The Hall–Kier alpha value is -2.29. The number of amides is 3. The van der Waals surface area contributed by atoms with E-state index < -0.39 is 0 Å². The van der Waals surface area contributed by atoms with Gasteiger partial charge in [-0.15, -0.1) is 0 Å². The lowest BCUT2D eigenvalue weighted by atomic mass is 10.3. The summed E-state index contributed by atoms with van der Waals surface area (Å²) in [5.41, 5.74) is 0. The van der Waals surface area contributed by atoms with Crippen LogP contribution in [0.5, 0.6) is 0 Å². The SMILES string of the molecule is CCOC(=O)N1CCN(C(=O)Nc2ccn(CCN(C)C)n2)CC1. The maximum atomic E-state index is 12.3. The Balaban J connectivity index is 1.78. The molecule has 0 saturated carbocycles. The van der Waals surface area contributed by atoms with Crippen LogP contribution in [0.2, 0.25) is 0 Å². The molecule has 9 heteroatoms. The van der Waals surface area contributed by atoms with E-state index in [2.05, 4.69) is 15.3 Å². The largest absolute Gasteiger partial charge is 0.450 e. The maximum Gasteiger partial charge on any atom is 0.409 e. The van der Waals surface area contributed by atoms with Crippen LogP contribution in [0.25, 0.3) is 0 Å². The molecule has 1 saturated heterocycles. The summed E-state index contributed by atoms with van der Waals surface area (Å²) in [5.74, 6) is 0.534. The van der Waals surface area contributed by atoms with Crippen LogP contribution in [-0.4, -0.2) is 90.0 Å². The molecule has 3 amide bonds. The molecule has 0 radical (unpaired) electrons. The smallest absolute Gasteiger partial charge is 0.409 e. The van der Waals surface area contributed by atoms with Crippen molar-refractivity contribution in [3.63, 3.8) is 0 Å². The molecular formula is C15H26N6O3. The molecule has 2 heterocycles. The predicted octanol–water partition coefficient (Wildman–Crippen LogP) is 0.751. The van der Waals surface area contributed by atoms with Crippen molar-refractivity contribution < 1.29 is 14.3 Å². The van der Waals surface area contributed by atoms with Gasteiger partial charge in [0.25, 0.3) is 0 Å². The number of carbonyl (C=O) groups is 2. The van der Waals surface area contributed by atoms with E-state index in [4.69, 9.17) is 4.74 Å². The van der Waals surface area contributed by atoms with Gasteiger partial charge in [0.15, 0.2) is 5.82 Å². The second-order valence-corrected chi connectivity index (χ2v) is 5.87. The van der Waals surface area contributed by atoms with Crippen molar-refractivity contribution in [2.75, 3.05) is 58.7 Å². The molecule has 1 fully saturated rings. The van der Waals surface area contributed by atoms with Crippen LogP contribution < -0.4 is 5.32 Å². The van der Waals surface area contributed by atoms with Gasteiger partial charge in [-0.05, 0) is 21.0 Å². The standard InChI is InChI=1S/C15H26N6O3/c1-4-24-15(23)20-10-8-19(9-11-20)14(22)16-13-5-6-21(17-13)12-7-18(2)3/h5-6H,4,7-12H2,1-3H3,(H,16,17,22). The second-order valence-electron chi connectivity index (χ2n) is 5.87. The van der Waals surface area contributed by atoms with Crippen LogP contribution in [0, 0.1) is 0 Å². The van der Waals surface area contributed by atoms with Crippen molar-refractivity contribution in [3.05, 3.63) is 12.3 Å². The van der Waals surface area contributed by atoms with Gasteiger partial charge in [0.05, 0.1) is 13.2 Å². The fraction of sp³-hybridized carbons (Fsp3) is 0.667. The molecule has 0 aliphatic carbocycles. The summed E-state index contributed by atoms with van der Waals surface area (Å²) >= 11 is 0. The summed E-state index contributed by atoms with van der Waals surface area (Å²) in [5, 5.41) is 7.13. The van der Waals surface area contributed by atoms with Gasteiger partial charge in [0, 0.05) is 45.0 Å². The van der Waals surface area contributed by atoms with E-state index in [-0.39, 0.29) is 12.1 Å². The van der Waals surface area contributed by atoms with E-state index >= 15 is 0 Å². The maximum absolute atomic E-state index is 12.3. The van der Waals surface area contributed by atoms with E-state index in [1.807, 2.05) is 20.3 Å². The number of rotatable bonds is 5. The third kappa shape index (κ3) is 5.12. The monoisotopic (exact) mass is 338 g/mol. The summed E-state index contributed by atoms with van der Waals surface area (Å²) in [6.07, 6.45) is 1.52. The van der Waals surface area contributed by atoms with Crippen LogP contribution in [0.1, 0.15) is 6.92 Å². The molecule has 134 valence electrons. The number of nitrogens with zero attached hydrogens (tertiary/aromatic N) is 5. The summed E-state index contributed by atoms with van der Waals surface area (Å²) in [7, 11) is 4.00. The van der Waals surface area contributed by atoms with Gasteiger partial charge in [-0.1, -0.05) is 0 Å². The summed E-state index contributed by atoms with van der Waals surface area (Å²) in [4.78, 5) is 29.3. The number of ether oxygens (including phenoxy) is 1. The predicted molar refractivity (Wildman–Crippen MR) is 90.0 cm³/mol. The molecule has 1 aliphatic heterocycles. The van der Waals surface area contributed by atoms with Crippen LogP contribution >= 0.6 is 0 Å². The minimum Gasteiger partial charge on any atom is -0.450 e. The number of carbonyl (C=O) groups excluding carboxylic acids is 2. The average Bonchev–Trinajstić information content (AvgIpc) is 3.00. The topological polar surface area (TPSA) is 82.9 Å². The zero-order chi connectivity index (χ0) is 17.5. The van der Waals surface area contributed by atoms with Crippen LogP contribution in [0.3, 0.4) is 0 Å². The summed E-state index contributed by atoms with van der Waals surface area (Å²) in [6, 6.07) is 1.58. The number of anilines is 1. The third-order valence-electron chi connectivity index (χ3n) is 3.74. The van der Waals surface area contributed by atoms with E-state index in [0.717, 1.165) is 13.1 Å². The molecule has 0 unspecified atom stereocenters. The quantitative estimate of drug-likeness (QED) is 0.857. The molecule has 0 bridgehead atoms. The lowest BCUT2D eigenvalue weighted by Crippen LogP contribution is -2.51. The van der Waals surface area contributed by atoms with E-state index in [9.17, 15) is 9.59 Å². The van der Waals surface area contributed by atoms with Gasteiger partial charge in [0.2, 0.25) is 0 Å². The van der Waals surface area contributed by atoms with Gasteiger partial charge in [0.1, 0.15) is 0 Å². The molecule has 1 aromatic rings. The molecule has 0 atom stereocenters. The van der Waals surface area contributed by atoms with Crippen molar-refractivity contribution in [2.45, 2.75) is 13.5 Å². The zero-order valence-corrected chi connectivity index (χ0v) is 14.6. The highest BCUT2D eigenvalue weighted by Crippen LogP contribution is 2.08. The van der Waals surface area contributed by atoms with Crippen molar-refractivity contribution in [2.24, 2.45) is 0 Å². The minimum absolute atomic E-state index is 0.198. The number of piperazine rings is 1. The molecule has 1 N–H and O–H groups in total. The van der Waals surface area contributed by atoms with Crippen molar-refractivity contribution >= 4 is 17.9 Å². The first kappa shape index (κ1) is 18.1. The fourth-order valence-corrected chi connectivity index (χ4v) is 2.35. The number of nitrogens with one attached hydrogen (secondary N) is 1. The Morgan fingerprint density at radius 2 is 1.92 bits per heavy atom. The van der Waals surface area contributed by atoms with Crippen molar-refractivity contribution in [1.82, 2.24) is 24.5 Å². The fourth-order valence-electron chi connectivity index (χ4n) is 2.35. The van der Waals surface area contributed by atoms with E-state index in [1.165, 1.54) is 0 Å². The Labute approximate surface area is 142 Å². The molecule has 1 aromatic heterocycles. The highest BCUT2D eigenvalue weighted by atomic mass is 16.6. The highest BCUT2D eigenvalue weighted by Gasteiger charge is 2.25. The summed E-state index contributed by atoms with van der Waals surface area (Å²) in [6.45, 7) is 5.69. The Kier molecular flexibility index (Phi) is 6.42. The van der Waals surface area contributed by atoms with Crippen molar-refractivity contribution in [1.29, 1.82) is 0 Å². The molecule has 24 heavy (non-hydrogen) atoms. The minimum atomic E-state index is -0.322. The molecule has 2 rings (SSSR count). The van der Waals surface area contributed by atoms with Crippen molar-refractivity contribution in [3.8, 4) is 0 Å².